The quantitative estimate of drug-likeness (QED) is 0.766. The molecule has 1 fully saturated rings. The molecule has 10 heteroatoms. The lowest BCUT2D eigenvalue weighted by molar-refractivity contribution is -0.132. The Balaban J connectivity index is 1.49. The summed E-state index contributed by atoms with van der Waals surface area (Å²) in [7, 11) is 1.81. The highest BCUT2D eigenvalue weighted by Crippen LogP contribution is 2.19. The van der Waals surface area contributed by atoms with Crippen molar-refractivity contribution < 1.29 is 18.7 Å². The lowest BCUT2D eigenvalue weighted by Crippen LogP contribution is -2.50. The molecule has 0 spiro atoms. The van der Waals surface area contributed by atoms with Crippen molar-refractivity contribution in [3.8, 4) is 11.6 Å². The summed E-state index contributed by atoms with van der Waals surface area (Å²) in [6.07, 6.45) is 0.333. The molecule has 0 saturated carbocycles. The number of rotatable bonds is 5. The molecule has 0 aromatic carbocycles. The largest absolute Gasteiger partial charge is 0.450 e. The zero-order chi connectivity index (χ0) is 19.4. The van der Waals surface area contributed by atoms with E-state index in [0.29, 0.717) is 51.0 Å². The van der Waals surface area contributed by atoms with Crippen LogP contribution >= 0.6 is 0 Å². The fourth-order valence-corrected chi connectivity index (χ4v) is 2.99. The van der Waals surface area contributed by atoms with E-state index in [1.807, 2.05) is 20.0 Å². The van der Waals surface area contributed by atoms with E-state index in [4.69, 9.17) is 9.15 Å². The molecule has 27 heavy (non-hydrogen) atoms. The number of piperazine rings is 1. The Hall–Kier alpha value is -2.91. The highest BCUT2D eigenvalue weighted by Gasteiger charge is 2.25. The van der Waals surface area contributed by atoms with Gasteiger partial charge in [-0.25, -0.2) is 4.79 Å². The molecule has 1 aliphatic rings. The standard InChI is InChI=1S/C17H24N6O4/c1-4-26-17(25)23-9-7-22(8-10-23)15(24)6-5-14-18-19-16(27-14)13-11-12(2)20-21(13)3/h11H,4-10H2,1-3H3. The van der Waals surface area contributed by atoms with Crippen LogP contribution in [0.5, 0.6) is 0 Å². The van der Waals surface area contributed by atoms with E-state index in [2.05, 4.69) is 15.3 Å². The van der Waals surface area contributed by atoms with Gasteiger partial charge in [-0.15, -0.1) is 10.2 Å². The molecule has 3 rings (SSSR count). The van der Waals surface area contributed by atoms with Crippen molar-refractivity contribution in [3.05, 3.63) is 17.7 Å². The molecule has 0 atom stereocenters. The van der Waals surface area contributed by atoms with Crippen LogP contribution in [0.2, 0.25) is 0 Å². The first-order valence-corrected chi connectivity index (χ1v) is 9.00. The number of carbonyl (C=O) groups is 2. The Morgan fingerprint density at radius 1 is 1.19 bits per heavy atom. The highest BCUT2D eigenvalue weighted by molar-refractivity contribution is 5.77. The molecule has 1 saturated heterocycles. The van der Waals surface area contributed by atoms with Gasteiger partial charge in [-0.1, -0.05) is 0 Å². The number of carbonyl (C=O) groups excluding carboxylic acids is 2. The predicted molar refractivity (Wildman–Crippen MR) is 94.7 cm³/mol. The number of hydrogen-bond acceptors (Lipinski definition) is 7. The van der Waals surface area contributed by atoms with E-state index < -0.39 is 0 Å². The predicted octanol–water partition coefficient (Wildman–Crippen LogP) is 1.01. The molecule has 3 heterocycles. The summed E-state index contributed by atoms with van der Waals surface area (Å²) >= 11 is 0. The van der Waals surface area contributed by atoms with E-state index in [1.165, 1.54) is 0 Å². The van der Waals surface area contributed by atoms with Crippen LogP contribution < -0.4 is 0 Å². The molecule has 0 aliphatic carbocycles. The van der Waals surface area contributed by atoms with Crippen LogP contribution in [0.1, 0.15) is 24.9 Å². The molecule has 2 aromatic heterocycles. The Bertz CT molecular complexity index is 806. The van der Waals surface area contributed by atoms with Crippen LogP contribution in [0, 0.1) is 6.92 Å². The van der Waals surface area contributed by atoms with Crippen molar-refractivity contribution in [2.75, 3.05) is 32.8 Å². The first-order valence-electron chi connectivity index (χ1n) is 9.00. The molecule has 2 aromatic rings. The normalized spacial score (nSPS) is 14.5. The highest BCUT2D eigenvalue weighted by atomic mass is 16.6. The first-order chi connectivity index (χ1) is 13.0. The van der Waals surface area contributed by atoms with Gasteiger partial charge in [-0.2, -0.15) is 5.10 Å². The summed E-state index contributed by atoms with van der Waals surface area (Å²) in [5.74, 6) is 0.820. The first kappa shape index (κ1) is 18.9. The van der Waals surface area contributed by atoms with E-state index in [9.17, 15) is 9.59 Å². The van der Waals surface area contributed by atoms with E-state index in [-0.39, 0.29) is 18.4 Å². The summed E-state index contributed by atoms with van der Waals surface area (Å²) in [5, 5.41) is 12.3. The van der Waals surface area contributed by atoms with Gasteiger partial charge in [0.15, 0.2) is 0 Å². The zero-order valence-electron chi connectivity index (χ0n) is 15.8. The van der Waals surface area contributed by atoms with Crippen LogP contribution in [0.15, 0.2) is 10.5 Å². The van der Waals surface area contributed by atoms with Crippen molar-refractivity contribution >= 4 is 12.0 Å². The molecular formula is C17H24N6O4. The zero-order valence-corrected chi connectivity index (χ0v) is 15.8. The van der Waals surface area contributed by atoms with Gasteiger partial charge in [-0.3, -0.25) is 9.48 Å². The maximum absolute atomic E-state index is 12.4. The van der Waals surface area contributed by atoms with Gasteiger partial charge in [0.05, 0.1) is 12.3 Å². The fraction of sp³-hybridized carbons (Fsp3) is 0.588. The van der Waals surface area contributed by atoms with Gasteiger partial charge in [0, 0.05) is 46.1 Å². The maximum Gasteiger partial charge on any atom is 0.409 e. The van der Waals surface area contributed by atoms with Crippen LogP contribution in [0.3, 0.4) is 0 Å². The number of amides is 2. The van der Waals surface area contributed by atoms with Crippen molar-refractivity contribution in [3.63, 3.8) is 0 Å². The van der Waals surface area contributed by atoms with Crippen molar-refractivity contribution in [1.29, 1.82) is 0 Å². The number of nitrogens with zero attached hydrogens (tertiary/aromatic N) is 6. The molecule has 0 bridgehead atoms. The fourth-order valence-electron chi connectivity index (χ4n) is 2.99. The Labute approximate surface area is 157 Å². The Morgan fingerprint density at radius 3 is 2.52 bits per heavy atom. The number of aromatic nitrogens is 4. The monoisotopic (exact) mass is 376 g/mol. The van der Waals surface area contributed by atoms with Gasteiger partial charge in [-0.05, 0) is 19.9 Å². The third-order valence-corrected chi connectivity index (χ3v) is 4.40. The van der Waals surface area contributed by atoms with Crippen molar-refractivity contribution in [2.24, 2.45) is 7.05 Å². The minimum Gasteiger partial charge on any atom is -0.450 e. The average Bonchev–Trinajstić information content (AvgIpc) is 3.25. The molecule has 1 aliphatic heterocycles. The summed E-state index contributed by atoms with van der Waals surface area (Å²) in [6, 6.07) is 1.87. The van der Waals surface area contributed by atoms with Gasteiger partial charge in [0.1, 0.15) is 5.69 Å². The van der Waals surface area contributed by atoms with Crippen LogP contribution in [-0.4, -0.2) is 74.6 Å². The molecule has 2 amide bonds. The molecular weight excluding hydrogens is 352 g/mol. The van der Waals surface area contributed by atoms with E-state index in [1.54, 1.807) is 21.4 Å². The van der Waals surface area contributed by atoms with Gasteiger partial charge >= 0.3 is 6.09 Å². The summed E-state index contributed by atoms with van der Waals surface area (Å²) in [5.41, 5.74) is 1.61. The Kier molecular flexibility index (Phi) is 5.72. The molecule has 0 radical (unpaired) electrons. The second-order valence-electron chi connectivity index (χ2n) is 6.36. The summed E-state index contributed by atoms with van der Waals surface area (Å²) in [6.45, 7) is 5.98. The third kappa shape index (κ3) is 4.44. The van der Waals surface area contributed by atoms with Gasteiger partial charge < -0.3 is 19.0 Å². The molecule has 10 nitrogen and oxygen atoms in total. The minimum atomic E-state index is -0.326. The maximum atomic E-state index is 12.4. The smallest absolute Gasteiger partial charge is 0.409 e. The summed E-state index contributed by atoms with van der Waals surface area (Å²) in [4.78, 5) is 27.5. The molecule has 0 unspecified atom stereocenters. The SMILES string of the molecule is CCOC(=O)N1CCN(C(=O)CCc2nnc(-c3cc(C)nn3C)o2)CC1. The molecule has 0 N–H and O–H groups in total. The van der Waals surface area contributed by atoms with Crippen LogP contribution in [0.4, 0.5) is 4.79 Å². The third-order valence-electron chi connectivity index (χ3n) is 4.40. The second-order valence-corrected chi connectivity index (χ2v) is 6.36. The summed E-state index contributed by atoms with van der Waals surface area (Å²) < 4.78 is 12.3. The number of hydrogen-bond donors (Lipinski definition) is 0. The average molecular weight is 376 g/mol. The Morgan fingerprint density at radius 2 is 1.89 bits per heavy atom. The molecule has 146 valence electrons. The van der Waals surface area contributed by atoms with Crippen molar-refractivity contribution in [1.82, 2.24) is 29.8 Å². The van der Waals surface area contributed by atoms with Crippen molar-refractivity contribution in [2.45, 2.75) is 26.7 Å². The topological polar surface area (TPSA) is 107 Å². The number of ether oxygens (including phenoxy) is 1. The minimum absolute atomic E-state index is 0.00892. The van der Waals surface area contributed by atoms with Crippen LogP contribution in [0.25, 0.3) is 11.6 Å². The van der Waals surface area contributed by atoms with Crippen LogP contribution in [-0.2, 0) is 23.0 Å². The second kappa shape index (κ2) is 8.19. The van der Waals surface area contributed by atoms with E-state index >= 15 is 0 Å². The lowest BCUT2D eigenvalue weighted by Gasteiger charge is -2.34. The van der Waals surface area contributed by atoms with Gasteiger partial charge in [0.25, 0.3) is 5.89 Å². The lowest BCUT2D eigenvalue weighted by atomic mass is 10.2. The van der Waals surface area contributed by atoms with E-state index in [0.717, 1.165) is 11.4 Å². The van der Waals surface area contributed by atoms with Gasteiger partial charge in [0.2, 0.25) is 11.8 Å². The number of aryl methyl sites for hydroxylation is 3.